The highest BCUT2D eigenvalue weighted by atomic mass is 32.2. The van der Waals surface area contributed by atoms with E-state index in [-0.39, 0.29) is 17.4 Å². The van der Waals surface area contributed by atoms with Gasteiger partial charge in [0.15, 0.2) is 9.84 Å². The first-order chi connectivity index (χ1) is 15.0. The van der Waals surface area contributed by atoms with Gasteiger partial charge in [0.1, 0.15) is 6.04 Å². The van der Waals surface area contributed by atoms with Crippen molar-refractivity contribution in [2.75, 3.05) is 43.0 Å². The molecule has 1 amide bonds. The second-order valence-electron chi connectivity index (χ2n) is 8.53. The third-order valence-corrected chi connectivity index (χ3v) is 7.77. The predicted octanol–water partition coefficient (Wildman–Crippen LogP) is 3.08. The first kappa shape index (κ1) is 22.0. The summed E-state index contributed by atoms with van der Waals surface area (Å²) in [5, 5.41) is 3.09. The Hall–Kier alpha value is -2.22. The smallest absolute Gasteiger partial charge is 0.246 e. The minimum Gasteiger partial charge on any atom is -0.324 e. The van der Waals surface area contributed by atoms with E-state index in [1.165, 1.54) is 24.8 Å². The molecule has 6 nitrogen and oxygen atoms in total. The summed E-state index contributed by atoms with van der Waals surface area (Å²) in [4.78, 5) is 17.8. The number of rotatable bonds is 6. The zero-order chi connectivity index (χ0) is 21.7. The molecule has 1 N–H and O–H groups in total. The number of piperidine rings is 1. The average Bonchev–Trinajstić information content (AvgIpc) is 2.77. The maximum absolute atomic E-state index is 13.4. The number of carbonyl (C=O) groups excluding carboxylic acids is 1. The first-order valence-corrected chi connectivity index (χ1v) is 12.9. The Kier molecular flexibility index (Phi) is 7.05. The van der Waals surface area contributed by atoms with E-state index < -0.39 is 15.9 Å². The van der Waals surface area contributed by atoms with Gasteiger partial charge in [0.2, 0.25) is 5.91 Å². The molecule has 7 heteroatoms. The Labute approximate surface area is 185 Å². The van der Waals surface area contributed by atoms with Crippen LogP contribution in [0.5, 0.6) is 0 Å². The van der Waals surface area contributed by atoms with E-state index in [1.54, 1.807) is 0 Å². The van der Waals surface area contributed by atoms with Gasteiger partial charge in [-0.15, -0.1) is 0 Å². The lowest BCUT2D eigenvalue weighted by molar-refractivity contribution is -0.121. The lowest BCUT2D eigenvalue weighted by Gasteiger charge is -2.33. The lowest BCUT2D eigenvalue weighted by atomic mass is 10.0. The summed E-state index contributed by atoms with van der Waals surface area (Å²) < 4.78 is 23.8. The second kappa shape index (κ2) is 9.94. The summed E-state index contributed by atoms with van der Waals surface area (Å²) in [7, 11) is -3.01. The Bertz CT molecular complexity index is 974. The van der Waals surface area contributed by atoms with E-state index in [9.17, 15) is 13.2 Å². The number of hydrogen-bond donors (Lipinski definition) is 1. The van der Waals surface area contributed by atoms with Crippen LogP contribution in [0.15, 0.2) is 54.6 Å². The Morgan fingerprint density at radius 3 is 2.32 bits per heavy atom. The molecule has 2 aromatic carbocycles. The highest BCUT2D eigenvalue weighted by Gasteiger charge is 2.32. The van der Waals surface area contributed by atoms with Crippen molar-refractivity contribution < 1.29 is 13.2 Å². The molecule has 2 saturated heterocycles. The molecule has 4 rings (SSSR count). The van der Waals surface area contributed by atoms with Crippen LogP contribution in [-0.2, 0) is 21.2 Å². The summed E-state index contributed by atoms with van der Waals surface area (Å²) in [6.07, 6.45) is 3.81. The number of anilines is 1. The van der Waals surface area contributed by atoms with Crippen LogP contribution in [0.1, 0.15) is 36.4 Å². The fourth-order valence-electron chi connectivity index (χ4n) is 4.48. The number of likely N-dealkylation sites (tertiary alicyclic amines) is 1. The van der Waals surface area contributed by atoms with Gasteiger partial charge in [0, 0.05) is 25.3 Å². The maximum Gasteiger partial charge on any atom is 0.246 e. The number of benzene rings is 2. The third kappa shape index (κ3) is 5.93. The molecular weight excluding hydrogens is 410 g/mol. The molecule has 0 bridgehead atoms. The normalized spacial score (nSPS) is 20.8. The summed E-state index contributed by atoms with van der Waals surface area (Å²) >= 11 is 0. The number of amides is 1. The van der Waals surface area contributed by atoms with Gasteiger partial charge in [-0.1, -0.05) is 48.9 Å². The largest absolute Gasteiger partial charge is 0.324 e. The van der Waals surface area contributed by atoms with Gasteiger partial charge in [-0.05, 0) is 49.2 Å². The summed E-state index contributed by atoms with van der Waals surface area (Å²) in [6.45, 7) is 3.89. The molecule has 0 saturated carbocycles. The van der Waals surface area contributed by atoms with Gasteiger partial charge in [-0.2, -0.15) is 0 Å². The van der Waals surface area contributed by atoms with Crippen molar-refractivity contribution in [1.29, 1.82) is 0 Å². The van der Waals surface area contributed by atoms with E-state index in [0.717, 1.165) is 30.9 Å². The van der Waals surface area contributed by atoms with Crippen LogP contribution in [-0.4, -0.2) is 61.8 Å². The molecule has 2 fully saturated rings. The SMILES string of the molecule is O=C(Nc1cccc(CN2CCCCC2)c1)C(c1ccccc1)N1CCS(=O)(=O)CC1. The molecule has 1 unspecified atom stereocenters. The van der Waals surface area contributed by atoms with Gasteiger partial charge in [-0.3, -0.25) is 14.6 Å². The topological polar surface area (TPSA) is 69.7 Å². The fourth-order valence-corrected chi connectivity index (χ4v) is 5.71. The Morgan fingerprint density at radius 1 is 0.903 bits per heavy atom. The number of nitrogens with one attached hydrogen (secondary N) is 1. The molecule has 0 aliphatic carbocycles. The molecule has 2 aliphatic rings. The van der Waals surface area contributed by atoms with Crippen LogP contribution in [0.2, 0.25) is 0 Å². The minimum absolute atomic E-state index is 0.0922. The van der Waals surface area contributed by atoms with Crippen LogP contribution in [0.25, 0.3) is 0 Å². The molecular formula is C24H31N3O3S. The van der Waals surface area contributed by atoms with Crippen molar-refractivity contribution in [3.8, 4) is 0 Å². The van der Waals surface area contributed by atoms with E-state index in [0.29, 0.717) is 13.1 Å². The monoisotopic (exact) mass is 441 g/mol. The summed E-state index contributed by atoms with van der Waals surface area (Å²) in [5.74, 6) is 0.0600. The highest BCUT2D eigenvalue weighted by Crippen LogP contribution is 2.25. The van der Waals surface area contributed by atoms with Crippen molar-refractivity contribution in [1.82, 2.24) is 9.80 Å². The van der Waals surface area contributed by atoms with Gasteiger partial charge < -0.3 is 5.32 Å². The maximum atomic E-state index is 13.4. The quantitative estimate of drug-likeness (QED) is 0.746. The van der Waals surface area contributed by atoms with Crippen molar-refractivity contribution in [2.24, 2.45) is 0 Å². The van der Waals surface area contributed by atoms with Gasteiger partial charge in [-0.25, -0.2) is 8.42 Å². The fraction of sp³-hybridized carbons (Fsp3) is 0.458. The van der Waals surface area contributed by atoms with Crippen LogP contribution < -0.4 is 5.32 Å². The van der Waals surface area contributed by atoms with Gasteiger partial charge in [0.05, 0.1) is 11.5 Å². The Morgan fingerprint density at radius 2 is 1.61 bits per heavy atom. The van der Waals surface area contributed by atoms with E-state index >= 15 is 0 Å². The molecule has 0 radical (unpaired) electrons. The van der Waals surface area contributed by atoms with E-state index in [4.69, 9.17) is 0 Å². The summed E-state index contributed by atoms with van der Waals surface area (Å²) in [5.41, 5.74) is 2.86. The van der Waals surface area contributed by atoms with Crippen LogP contribution in [0.4, 0.5) is 5.69 Å². The van der Waals surface area contributed by atoms with E-state index in [1.807, 2.05) is 47.4 Å². The highest BCUT2D eigenvalue weighted by molar-refractivity contribution is 7.91. The molecule has 2 aliphatic heterocycles. The molecule has 0 aromatic heterocycles. The second-order valence-corrected chi connectivity index (χ2v) is 10.8. The Balaban J connectivity index is 1.49. The number of hydrogen-bond acceptors (Lipinski definition) is 5. The van der Waals surface area contributed by atoms with Crippen molar-refractivity contribution in [3.05, 3.63) is 65.7 Å². The third-order valence-electron chi connectivity index (χ3n) is 6.16. The van der Waals surface area contributed by atoms with Crippen molar-refractivity contribution >= 4 is 21.4 Å². The molecule has 2 heterocycles. The lowest BCUT2D eigenvalue weighted by Crippen LogP contribution is -2.46. The standard InChI is InChI=1S/C24H31N3O3S/c28-24(25-22-11-7-8-20(18-22)19-26-12-5-2-6-13-26)23(21-9-3-1-4-10-21)27-14-16-31(29,30)17-15-27/h1,3-4,7-11,18,23H,2,5-6,12-17,19H2,(H,25,28). The molecule has 2 aromatic rings. The average molecular weight is 442 g/mol. The van der Waals surface area contributed by atoms with Crippen molar-refractivity contribution in [2.45, 2.75) is 31.8 Å². The zero-order valence-corrected chi connectivity index (χ0v) is 18.7. The minimum atomic E-state index is -3.01. The first-order valence-electron chi connectivity index (χ1n) is 11.1. The molecule has 0 spiro atoms. The van der Waals surface area contributed by atoms with Crippen molar-refractivity contribution in [3.63, 3.8) is 0 Å². The van der Waals surface area contributed by atoms with E-state index in [2.05, 4.69) is 22.3 Å². The summed E-state index contributed by atoms with van der Waals surface area (Å²) in [6, 6.07) is 17.2. The molecule has 166 valence electrons. The van der Waals surface area contributed by atoms with Gasteiger partial charge in [0.25, 0.3) is 0 Å². The number of carbonyl (C=O) groups is 1. The number of nitrogens with zero attached hydrogens (tertiary/aromatic N) is 2. The number of sulfone groups is 1. The van der Waals surface area contributed by atoms with Crippen LogP contribution in [0.3, 0.4) is 0 Å². The van der Waals surface area contributed by atoms with Crippen LogP contribution in [0, 0.1) is 0 Å². The zero-order valence-electron chi connectivity index (χ0n) is 17.9. The van der Waals surface area contributed by atoms with Gasteiger partial charge >= 0.3 is 0 Å². The molecule has 1 atom stereocenters. The van der Waals surface area contributed by atoms with Crippen LogP contribution >= 0.6 is 0 Å². The predicted molar refractivity (Wildman–Crippen MR) is 124 cm³/mol. The molecule has 31 heavy (non-hydrogen) atoms.